The topological polar surface area (TPSA) is 168 Å². The Morgan fingerprint density at radius 3 is 2.30 bits per heavy atom. The first-order chi connectivity index (χ1) is 20.5. The number of aliphatic carboxylic acids is 1. The van der Waals surface area contributed by atoms with Crippen LogP contribution in [0.1, 0.15) is 99.3 Å². The molecule has 0 aromatic carbocycles. The Morgan fingerprint density at radius 1 is 1.02 bits per heavy atom. The number of hydrogen-bond donors (Lipinski definition) is 4. The van der Waals surface area contributed by atoms with Crippen LogP contribution >= 0.6 is 0 Å². The average molecular weight is 643 g/mol. The monoisotopic (exact) mass is 642 g/mol. The molecule has 4 amide bonds. The largest absolute Gasteiger partial charge is 0.479 e. The fourth-order valence-corrected chi connectivity index (χ4v) is 8.08. The van der Waals surface area contributed by atoms with E-state index in [0.717, 1.165) is 38.5 Å². The summed E-state index contributed by atoms with van der Waals surface area (Å²) in [5, 5.41) is 18.1. The third-order valence-corrected chi connectivity index (χ3v) is 11.5. The lowest BCUT2D eigenvalue weighted by atomic mass is 9.86. The normalized spacial score (nSPS) is 26.0. The highest BCUT2D eigenvalue weighted by Crippen LogP contribution is 2.47. The Hall–Kier alpha value is -2.45. The predicted octanol–water partition coefficient (Wildman–Crippen LogP) is 2.28. The molecule has 0 spiro atoms. The van der Waals surface area contributed by atoms with E-state index in [1.165, 1.54) is 13.5 Å². The molecule has 44 heavy (non-hydrogen) atoms. The lowest BCUT2D eigenvalue weighted by Gasteiger charge is -2.34. The van der Waals surface area contributed by atoms with E-state index in [0.29, 0.717) is 38.9 Å². The Bertz CT molecular complexity index is 1160. The summed E-state index contributed by atoms with van der Waals surface area (Å²) in [5.41, 5.74) is -1.75. The zero-order valence-corrected chi connectivity index (χ0v) is 28.2. The third kappa shape index (κ3) is 8.63. The van der Waals surface area contributed by atoms with Crippen molar-refractivity contribution in [2.45, 2.75) is 123 Å². The van der Waals surface area contributed by atoms with Gasteiger partial charge in [-0.1, -0.05) is 59.8 Å². The quantitative estimate of drug-likeness (QED) is 0.199. The van der Waals surface area contributed by atoms with Crippen LogP contribution < -0.4 is 16.0 Å². The van der Waals surface area contributed by atoms with Crippen molar-refractivity contribution in [2.24, 2.45) is 11.3 Å². The second kappa shape index (κ2) is 14.8. The predicted molar refractivity (Wildman–Crippen MR) is 167 cm³/mol. The van der Waals surface area contributed by atoms with Crippen LogP contribution in [0.2, 0.25) is 0 Å². The van der Waals surface area contributed by atoms with Gasteiger partial charge in [-0.25, -0.2) is 9.59 Å². The fraction of sp³-hybridized carbons (Fsp3) is 0.867. The van der Waals surface area contributed by atoms with Gasteiger partial charge in [-0.05, 0) is 50.9 Å². The van der Waals surface area contributed by atoms with Crippen LogP contribution in [0, 0.1) is 11.3 Å². The first-order valence-electron chi connectivity index (χ1n) is 16.2. The highest BCUT2D eigenvalue weighted by molar-refractivity contribution is 7.87. The van der Waals surface area contributed by atoms with Crippen LogP contribution in [-0.4, -0.2) is 107 Å². The molecule has 3 aliphatic rings. The van der Waals surface area contributed by atoms with Crippen LogP contribution in [0.15, 0.2) is 0 Å². The fourth-order valence-electron chi connectivity index (χ4n) is 6.29. The molecule has 1 aliphatic carbocycles. The van der Waals surface area contributed by atoms with E-state index in [1.807, 2.05) is 34.6 Å². The van der Waals surface area contributed by atoms with E-state index in [2.05, 4.69) is 22.9 Å². The van der Waals surface area contributed by atoms with Crippen LogP contribution in [0.25, 0.3) is 0 Å². The number of urea groups is 1. The van der Waals surface area contributed by atoms with Gasteiger partial charge in [-0.15, -0.1) is 0 Å². The van der Waals surface area contributed by atoms with E-state index in [9.17, 15) is 32.7 Å². The SMILES string of the molecule is CCCCCCCC1C[C@]1(NC(=O)[C@@H]1CCCN1C(=O)CNC(=O)NC(CN1CCN(C(C)C)S1(=O)=O)C(C)(C)C)C(=O)O. The summed E-state index contributed by atoms with van der Waals surface area (Å²) in [6, 6.07) is -2.10. The number of carboxylic acid groups (broad SMARTS) is 1. The number of carbonyl (C=O) groups is 4. The molecule has 0 aromatic heterocycles. The Morgan fingerprint density at radius 2 is 1.70 bits per heavy atom. The van der Waals surface area contributed by atoms with Gasteiger partial charge in [-0.2, -0.15) is 17.0 Å². The Kier molecular flexibility index (Phi) is 12.1. The van der Waals surface area contributed by atoms with Gasteiger partial charge in [0.2, 0.25) is 11.8 Å². The molecule has 4 atom stereocenters. The van der Waals surface area contributed by atoms with Crippen molar-refractivity contribution >= 4 is 34.0 Å². The minimum absolute atomic E-state index is 0.0931. The molecule has 2 aliphatic heterocycles. The van der Waals surface area contributed by atoms with Gasteiger partial charge in [0.05, 0.1) is 6.54 Å². The molecule has 2 unspecified atom stereocenters. The molecule has 0 bridgehead atoms. The van der Waals surface area contributed by atoms with Crippen molar-refractivity contribution in [3.05, 3.63) is 0 Å². The summed E-state index contributed by atoms with van der Waals surface area (Å²) in [5.74, 6) is -2.05. The van der Waals surface area contributed by atoms with Crippen molar-refractivity contribution in [1.82, 2.24) is 29.5 Å². The Balaban J connectivity index is 1.53. The molecular formula is C30H54N6O7S. The maximum Gasteiger partial charge on any atom is 0.329 e. The average Bonchev–Trinajstić information content (AvgIpc) is 3.25. The zero-order valence-electron chi connectivity index (χ0n) is 27.4. The van der Waals surface area contributed by atoms with Gasteiger partial charge in [0.1, 0.15) is 11.6 Å². The molecule has 2 saturated heterocycles. The molecule has 0 aromatic rings. The van der Waals surface area contributed by atoms with E-state index in [1.54, 1.807) is 0 Å². The van der Waals surface area contributed by atoms with E-state index < -0.39 is 57.1 Å². The number of carboxylic acids is 1. The van der Waals surface area contributed by atoms with Crippen molar-refractivity contribution < 1.29 is 32.7 Å². The standard InChI is InChI=1S/C30H54N6O7S/c1-7-8-9-10-11-13-22-18-30(22,27(39)40)33-26(38)23-14-12-15-35(23)25(37)19-31-28(41)32-24(29(4,5)6)20-34-16-17-36(21(2)3)44(34,42)43/h21-24H,7-20H2,1-6H3,(H,33,38)(H,39,40)(H2,31,32,41)/t22?,23-,24?,30+/m0/s1. The first kappa shape index (κ1) is 36.0. The van der Waals surface area contributed by atoms with Gasteiger partial charge in [0.25, 0.3) is 10.2 Å². The second-order valence-electron chi connectivity index (χ2n) is 13.9. The van der Waals surface area contributed by atoms with Gasteiger partial charge in [0.15, 0.2) is 0 Å². The molecule has 2 heterocycles. The number of likely N-dealkylation sites (tertiary alicyclic amines) is 1. The molecule has 3 rings (SSSR count). The van der Waals surface area contributed by atoms with Crippen molar-refractivity contribution in [1.29, 1.82) is 0 Å². The van der Waals surface area contributed by atoms with Gasteiger partial charge in [-0.3, -0.25) is 9.59 Å². The smallest absolute Gasteiger partial charge is 0.329 e. The summed E-state index contributed by atoms with van der Waals surface area (Å²) < 4.78 is 28.7. The summed E-state index contributed by atoms with van der Waals surface area (Å²) >= 11 is 0. The maximum atomic E-state index is 13.2. The number of carbonyl (C=O) groups excluding carboxylic acids is 3. The lowest BCUT2D eigenvalue weighted by molar-refractivity contribution is -0.145. The minimum atomic E-state index is -3.64. The molecule has 1 saturated carbocycles. The van der Waals surface area contributed by atoms with Crippen LogP contribution in [0.5, 0.6) is 0 Å². The van der Waals surface area contributed by atoms with Gasteiger partial charge in [0, 0.05) is 38.3 Å². The molecule has 252 valence electrons. The lowest BCUT2D eigenvalue weighted by Crippen LogP contribution is -2.56. The molecular weight excluding hydrogens is 588 g/mol. The third-order valence-electron chi connectivity index (χ3n) is 9.27. The minimum Gasteiger partial charge on any atom is -0.479 e. The number of hydrogen-bond acceptors (Lipinski definition) is 6. The number of nitrogens with zero attached hydrogens (tertiary/aromatic N) is 3. The van der Waals surface area contributed by atoms with Crippen molar-refractivity contribution in [3.63, 3.8) is 0 Å². The molecule has 3 fully saturated rings. The van der Waals surface area contributed by atoms with Gasteiger partial charge < -0.3 is 26.0 Å². The van der Waals surface area contributed by atoms with Crippen LogP contribution in [0.4, 0.5) is 4.79 Å². The number of unbranched alkanes of at least 4 members (excludes halogenated alkanes) is 4. The van der Waals surface area contributed by atoms with E-state index in [-0.39, 0.29) is 25.0 Å². The highest BCUT2D eigenvalue weighted by Gasteiger charge is 2.61. The highest BCUT2D eigenvalue weighted by atomic mass is 32.2. The molecule has 0 radical (unpaired) electrons. The molecule has 4 N–H and O–H groups in total. The van der Waals surface area contributed by atoms with Crippen LogP contribution in [0.3, 0.4) is 0 Å². The summed E-state index contributed by atoms with van der Waals surface area (Å²) in [6.07, 6.45) is 7.55. The summed E-state index contributed by atoms with van der Waals surface area (Å²) in [7, 11) is -3.64. The van der Waals surface area contributed by atoms with Crippen molar-refractivity contribution in [3.8, 4) is 0 Å². The summed E-state index contributed by atoms with van der Waals surface area (Å²) in [6.45, 7) is 12.3. The number of nitrogens with one attached hydrogen (secondary N) is 3. The summed E-state index contributed by atoms with van der Waals surface area (Å²) in [4.78, 5) is 52.8. The molecule has 13 nitrogen and oxygen atoms in total. The Labute approximate surface area is 263 Å². The van der Waals surface area contributed by atoms with Crippen molar-refractivity contribution in [2.75, 3.05) is 32.7 Å². The van der Waals surface area contributed by atoms with E-state index >= 15 is 0 Å². The zero-order chi connectivity index (χ0) is 32.9. The first-order valence-corrected chi connectivity index (χ1v) is 17.6. The van der Waals surface area contributed by atoms with Crippen LogP contribution in [-0.2, 0) is 24.6 Å². The molecule has 14 heteroatoms. The maximum absolute atomic E-state index is 13.2. The number of amides is 4. The second-order valence-corrected chi connectivity index (χ2v) is 15.8. The van der Waals surface area contributed by atoms with E-state index in [4.69, 9.17) is 0 Å². The number of rotatable bonds is 15. The van der Waals surface area contributed by atoms with Gasteiger partial charge >= 0.3 is 12.0 Å².